The first-order valence-corrected chi connectivity index (χ1v) is 8.92. The molecule has 0 spiro atoms. The zero-order chi connectivity index (χ0) is 16.6. The Hall–Kier alpha value is -2.30. The highest BCUT2D eigenvalue weighted by Gasteiger charge is 2.09. The fraction of sp³-hybridized carbons (Fsp3) is 0.154. The Balaban J connectivity index is 1.78. The van der Waals surface area contributed by atoms with Crippen molar-refractivity contribution in [3.63, 3.8) is 0 Å². The van der Waals surface area contributed by atoms with Gasteiger partial charge in [-0.1, -0.05) is 23.5 Å². The Bertz CT molecular complexity index is 1020. The van der Waals surface area contributed by atoms with Gasteiger partial charge in [-0.15, -0.1) is 5.10 Å². The van der Waals surface area contributed by atoms with Gasteiger partial charge < -0.3 is 5.32 Å². The molecule has 10 heteroatoms. The van der Waals surface area contributed by atoms with E-state index in [4.69, 9.17) is 5.14 Å². The zero-order valence-electron chi connectivity index (χ0n) is 12.1. The lowest BCUT2D eigenvalue weighted by atomic mass is 10.2. The minimum Gasteiger partial charge on any atom is -0.356 e. The fourth-order valence-corrected chi connectivity index (χ4v) is 3.33. The largest absolute Gasteiger partial charge is 0.356 e. The van der Waals surface area contributed by atoms with Crippen molar-refractivity contribution in [1.29, 1.82) is 0 Å². The molecule has 0 aliphatic rings. The van der Waals surface area contributed by atoms with Crippen LogP contribution in [0.1, 0.15) is 11.3 Å². The standard InChI is InChI=1S/C13H13N5O3S2/c1-8-6-11(19)18-13(16-8)22-12(17-18)15-7-9-2-4-10(5-3-9)23(14,20)21/h2-6H,7H2,1H3,(H,15,17)(H2,14,20,21). The van der Waals surface area contributed by atoms with Gasteiger partial charge in [-0.3, -0.25) is 4.79 Å². The van der Waals surface area contributed by atoms with Crippen molar-refractivity contribution < 1.29 is 8.42 Å². The Morgan fingerprint density at radius 1 is 1.30 bits per heavy atom. The van der Waals surface area contributed by atoms with Crippen LogP contribution in [0.4, 0.5) is 5.13 Å². The van der Waals surface area contributed by atoms with Crippen LogP contribution in [0.25, 0.3) is 4.96 Å². The average molecular weight is 351 g/mol. The first-order chi connectivity index (χ1) is 10.8. The summed E-state index contributed by atoms with van der Waals surface area (Å²) in [6.45, 7) is 2.18. The normalized spacial score (nSPS) is 11.7. The maximum atomic E-state index is 11.8. The maximum absolute atomic E-state index is 11.8. The minimum absolute atomic E-state index is 0.0625. The van der Waals surface area contributed by atoms with Crippen LogP contribution in [0.2, 0.25) is 0 Å². The molecule has 0 amide bonds. The Labute approximate surface area is 135 Å². The molecule has 0 aliphatic carbocycles. The molecule has 8 nitrogen and oxygen atoms in total. The molecule has 3 N–H and O–H groups in total. The molecular weight excluding hydrogens is 338 g/mol. The van der Waals surface area contributed by atoms with E-state index in [-0.39, 0.29) is 10.5 Å². The van der Waals surface area contributed by atoms with Crippen LogP contribution >= 0.6 is 11.3 Å². The van der Waals surface area contributed by atoms with Gasteiger partial charge in [0, 0.05) is 18.3 Å². The summed E-state index contributed by atoms with van der Waals surface area (Å²) in [7, 11) is -3.69. The number of nitrogens with two attached hydrogens (primary N) is 1. The molecule has 0 radical (unpaired) electrons. The number of fused-ring (bicyclic) bond motifs is 1. The maximum Gasteiger partial charge on any atom is 0.275 e. The number of anilines is 1. The minimum atomic E-state index is -3.69. The summed E-state index contributed by atoms with van der Waals surface area (Å²) in [6.07, 6.45) is 0. The van der Waals surface area contributed by atoms with E-state index < -0.39 is 10.0 Å². The highest BCUT2D eigenvalue weighted by atomic mass is 32.2. The SMILES string of the molecule is Cc1cc(=O)n2nc(NCc3ccc(S(N)(=O)=O)cc3)sc2n1. The van der Waals surface area contributed by atoms with Gasteiger partial charge >= 0.3 is 0 Å². The molecule has 120 valence electrons. The second-order valence-electron chi connectivity index (χ2n) is 4.88. The number of aromatic nitrogens is 3. The van der Waals surface area contributed by atoms with Gasteiger partial charge in [0.25, 0.3) is 5.56 Å². The lowest BCUT2D eigenvalue weighted by molar-refractivity contribution is 0.598. The van der Waals surface area contributed by atoms with Gasteiger partial charge in [0.15, 0.2) is 0 Å². The molecule has 0 saturated carbocycles. The summed E-state index contributed by atoms with van der Waals surface area (Å²) in [5, 5.41) is 12.8. The van der Waals surface area contributed by atoms with Crippen molar-refractivity contribution in [1.82, 2.24) is 14.6 Å². The summed E-state index contributed by atoms with van der Waals surface area (Å²) in [4.78, 5) is 16.6. The van der Waals surface area contributed by atoms with Crippen molar-refractivity contribution in [2.24, 2.45) is 5.14 Å². The number of rotatable bonds is 4. The van der Waals surface area contributed by atoms with E-state index in [9.17, 15) is 13.2 Å². The first-order valence-electron chi connectivity index (χ1n) is 6.56. The molecule has 2 aromatic heterocycles. The first kappa shape index (κ1) is 15.6. The van der Waals surface area contributed by atoms with Gasteiger partial charge in [0.2, 0.25) is 20.1 Å². The van der Waals surface area contributed by atoms with Crippen molar-refractivity contribution in [2.75, 3.05) is 5.32 Å². The van der Waals surface area contributed by atoms with E-state index in [0.29, 0.717) is 22.3 Å². The molecule has 0 unspecified atom stereocenters. The molecule has 0 fully saturated rings. The monoisotopic (exact) mass is 351 g/mol. The van der Waals surface area contributed by atoms with E-state index in [1.165, 1.54) is 34.1 Å². The van der Waals surface area contributed by atoms with Crippen LogP contribution in [0.5, 0.6) is 0 Å². The van der Waals surface area contributed by atoms with E-state index in [0.717, 1.165) is 5.56 Å². The quantitative estimate of drug-likeness (QED) is 0.715. The van der Waals surface area contributed by atoms with E-state index >= 15 is 0 Å². The number of hydrogen-bond donors (Lipinski definition) is 2. The van der Waals surface area contributed by atoms with Gasteiger partial charge in [0.05, 0.1) is 4.90 Å². The molecule has 3 aromatic rings. The molecule has 0 aliphatic heterocycles. The summed E-state index contributed by atoms with van der Waals surface area (Å²) in [6, 6.07) is 7.63. The number of aryl methyl sites for hydroxylation is 1. The molecule has 0 bridgehead atoms. The Kier molecular flexibility index (Phi) is 3.88. The second kappa shape index (κ2) is 5.72. The highest BCUT2D eigenvalue weighted by Crippen LogP contribution is 2.18. The number of benzene rings is 1. The number of nitrogens with one attached hydrogen (secondary N) is 1. The lowest BCUT2D eigenvalue weighted by Crippen LogP contribution is -2.14. The predicted octanol–water partition coefficient (Wildman–Crippen LogP) is 0.719. The topological polar surface area (TPSA) is 119 Å². The van der Waals surface area contributed by atoms with Crippen LogP contribution in [-0.4, -0.2) is 23.0 Å². The molecule has 0 atom stereocenters. The fourth-order valence-electron chi connectivity index (χ4n) is 1.97. The van der Waals surface area contributed by atoms with Gasteiger partial charge in [-0.05, 0) is 24.6 Å². The van der Waals surface area contributed by atoms with E-state index in [1.54, 1.807) is 19.1 Å². The smallest absolute Gasteiger partial charge is 0.275 e. The Morgan fingerprint density at radius 2 is 2.00 bits per heavy atom. The van der Waals surface area contributed by atoms with Crippen LogP contribution in [-0.2, 0) is 16.6 Å². The highest BCUT2D eigenvalue weighted by molar-refractivity contribution is 7.89. The zero-order valence-corrected chi connectivity index (χ0v) is 13.7. The Morgan fingerprint density at radius 3 is 2.65 bits per heavy atom. The second-order valence-corrected chi connectivity index (χ2v) is 7.40. The number of hydrogen-bond acceptors (Lipinski definition) is 7. The number of primary sulfonamides is 1. The predicted molar refractivity (Wildman–Crippen MR) is 87.0 cm³/mol. The van der Waals surface area contributed by atoms with Crippen LogP contribution in [0, 0.1) is 6.92 Å². The summed E-state index contributed by atoms with van der Waals surface area (Å²) < 4.78 is 23.6. The molecule has 0 saturated heterocycles. The lowest BCUT2D eigenvalue weighted by Gasteiger charge is -2.03. The summed E-state index contributed by atoms with van der Waals surface area (Å²) >= 11 is 1.27. The average Bonchev–Trinajstić information content (AvgIpc) is 2.88. The third kappa shape index (κ3) is 3.38. The van der Waals surface area contributed by atoms with E-state index in [1.807, 2.05) is 0 Å². The number of nitrogens with zero attached hydrogens (tertiary/aromatic N) is 3. The van der Waals surface area contributed by atoms with Gasteiger partial charge in [-0.25, -0.2) is 18.5 Å². The third-order valence-corrected chi connectivity index (χ3v) is 4.86. The molecule has 1 aromatic carbocycles. The third-order valence-electron chi connectivity index (χ3n) is 3.07. The number of sulfonamides is 1. The summed E-state index contributed by atoms with van der Waals surface area (Å²) in [5.41, 5.74) is 1.27. The van der Waals surface area contributed by atoms with Crippen molar-refractivity contribution in [3.05, 3.63) is 51.9 Å². The van der Waals surface area contributed by atoms with Crippen LogP contribution < -0.4 is 16.0 Å². The van der Waals surface area contributed by atoms with Crippen molar-refractivity contribution in [3.8, 4) is 0 Å². The van der Waals surface area contributed by atoms with Gasteiger partial charge in [0.1, 0.15) is 0 Å². The summed E-state index contributed by atoms with van der Waals surface area (Å²) in [5.74, 6) is 0. The molecular formula is C13H13N5O3S2. The van der Waals surface area contributed by atoms with Crippen molar-refractivity contribution in [2.45, 2.75) is 18.4 Å². The molecule has 2 heterocycles. The molecule has 23 heavy (non-hydrogen) atoms. The van der Waals surface area contributed by atoms with Crippen LogP contribution in [0.3, 0.4) is 0 Å². The van der Waals surface area contributed by atoms with Crippen LogP contribution in [0.15, 0.2) is 40.0 Å². The van der Waals surface area contributed by atoms with Gasteiger partial charge in [-0.2, -0.15) is 4.52 Å². The van der Waals surface area contributed by atoms with E-state index in [2.05, 4.69) is 15.4 Å². The van der Waals surface area contributed by atoms with Crippen molar-refractivity contribution >= 4 is 31.5 Å². The molecule has 3 rings (SSSR count).